The number of thiophene rings is 1. The summed E-state index contributed by atoms with van der Waals surface area (Å²) in [5.41, 5.74) is 2.82. The zero-order valence-electron chi connectivity index (χ0n) is 17.4. The van der Waals surface area contributed by atoms with Gasteiger partial charge in [-0.3, -0.25) is 0 Å². The van der Waals surface area contributed by atoms with Crippen LogP contribution in [0.4, 0.5) is 11.8 Å². The minimum Gasteiger partial charge on any atom is -0.365 e. The third-order valence-electron chi connectivity index (χ3n) is 4.46. The SMILES string of the molecule is CC(C)CNc1nccc(NCc2ccc(-c3ccc(C(C)(C)C)cc3)s2)n1. The first-order valence-electron chi connectivity index (χ1n) is 9.81. The topological polar surface area (TPSA) is 49.8 Å². The predicted molar refractivity (Wildman–Crippen MR) is 121 cm³/mol. The van der Waals surface area contributed by atoms with Gasteiger partial charge in [-0.25, -0.2) is 4.98 Å². The fourth-order valence-electron chi connectivity index (χ4n) is 2.78. The van der Waals surface area contributed by atoms with Crippen LogP contribution in [-0.2, 0) is 12.0 Å². The quantitative estimate of drug-likeness (QED) is 0.502. The Labute approximate surface area is 172 Å². The van der Waals surface area contributed by atoms with Crippen LogP contribution in [0.3, 0.4) is 0 Å². The maximum Gasteiger partial charge on any atom is 0.224 e. The molecule has 2 heterocycles. The molecule has 0 aliphatic rings. The van der Waals surface area contributed by atoms with E-state index in [0.717, 1.165) is 18.9 Å². The third kappa shape index (κ3) is 5.55. The van der Waals surface area contributed by atoms with Crippen LogP contribution >= 0.6 is 11.3 Å². The smallest absolute Gasteiger partial charge is 0.224 e. The Hall–Kier alpha value is -2.40. The Balaban J connectivity index is 1.61. The van der Waals surface area contributed by atoms with E-state index in [1.54, 1.807) is 6.20 Å². The monoisotopic (exact) mass is 394 g/mol. The summed E-state index contributed by atoms with van der Waals surface area (Å²) in [4.78, 5) is 11.4. The Bertz CT molecular complexity index is 891. The van der Waals surface area contributed by atoms with Gasteiger partial charge in [0.05, 0.1) is 6.54 Å². The summed E-state index contributed by atoms with van der Waals surface area (Å²) in [5.74, 6) is 2.07. The van der Waals surface area contributed by atoms with Gasteiger partial charge < -0.3 is 10.6 Å². The molecule has 0 aliphatic heterocycles. The maximum atomic E-state index is 4.53. The minimum absolute atomic E-state index is 0.184. The Kier molecular flexibility index (Phi) is 6.35. The molecule has 0 aliphatic carbocycles. The van der Waals surface area contributed by atoms with Crippen LogP contribution in [0.25, 0.3) is 10.4 Å². The maximum absolute atomic E-state index is 4.53. The molecule has 0 unspecified atom stereocenters. The van der Waals surface area contributed by atoms with Crippen molar-refractivity contribution in [3.63, 3.8) is 0 Å². The van der Waals surface area contributed by atoms with Gasteiger partial charge in [-0.05, 0) is 40.7 Å². The van der Waals surface area contributed by atoms with Crippen molar-refractivity contribution in [3.8, 4) is 10.4 Å². The van der Waals surface area contributed by atoms with Crippen molar-refractivity contribution in [2.24, 2.45) is 5.92 Å². The fourth-order valence-corrected chi connectivity index (χ4v) is 3.73. The number of nitrogens with zero attached hydrogens (tertiary/aromatic N) is 2. The van der Waals surface area contributed by atoms with Crippen LogP contribution < -0.4 is 10.6 Å². The largest absolute Gasteiger partial charge is 0.365 e. The molecule has 28 heavy (non-hydrogen) atoms. The standard InChI is InChI=1S/C23H30N4S/c1-16(2)14-26-22-24-13-12-21(27-22)25-15-19-10-11-20(28-19)17-6-8-18(9-7-17)23(3,4)5/h6-13,16H,14-15H2,1-5H3,(H2,24,25,26,27). The van der Waals surface area contributed by atoms with Gasteiger partial charge in [-0.15, -0.1) is 11.3 Å². The van der Waals surface area contributed by atoms with Crippen LogP contribution in [-0.4, -0.2) is 16.5 Å². The molecular weight excluding hydrogens is 364 g/mol. The molecule has 4 nitrogen and oxygen atoms in total. The number of hydrogen-bond donors (Lipinski definition) is 2. The highest BCUT2D eigenvalue weighted by molar-refractivity contribution is 7.15. The van der Waals surface area contributed by atoms with Crippen molar-refractivity contribution in [1.29, 1.82) is 0 Å². The van der Waals surface area contributed by atoms with Crippen LogP contribution in [0.15, 0.2) is 48.7 Å². The van der Waals surface area contributed by atoms with Gasteiger partial charge in [0.2, 0.25) is 5.95 Å². The van der Waals surface area contributed by atoms with Crippen molar-refractivity contribution in [2.45, 2.75) is 46.6 Å². The van der Waals surface area contributed by atoms with E-state index in [9.17, 15) is 0 Å². The molecule has 3 aromatic rings. The van der Waals surface area contributed by atoms with Gasteiger partial charge in [-0.1, -0.05) is 58.9 Å². The van der Waals surface area contributed by atoms with Crippen LogP contribution in [0, 0.1) is 5.92 Å². The second-order valence-electron chi connectivity index (χ2n) is 8.49. The predicted octanol–water partition coefficient (Wildman–Crippen LogP) is 6.18. The van der Waals surface area contributed by atoms with Crippen molar-refractivity contribution in [1.82, 2.24) is 9.97 Å². The van der Waals surface area contributed by atoms with Crippen molar-refractivity contribution in [2.75, 3.05) is 17.2 Å². The van der Waals surface area contributed by atoms with Crippen LogP contribution in [0.5, 0.6) is 0 Å². The summed E-state index contributed by atoms with van der Waals surface area (Å²) >= 11 is 1.82. The van der Waals surface area contributed by atoms with E-state index in [2.05, 4.69) is 91.6 Å². The first kappa shape index (κ1) is 20.3. The number of benzene rings is 1. The first-order valence-corrected chi connectivity index (χ1v) is 10.6. The summed E-state index contributed by atoms with van der Waals surface area (Å²) in [6.45, 7) is 12.7. The van der Waals surface area contributed by atoms with Gasteiger partial charge in [0.25, 0.3) is 0 Å². The number of aromatic nitrogens is 2. The van der Waals surface area contributed by atoms with Gasteiger partial charge in [0, 0.05) is 22.5 Å². The van der Waals surface area contributed by atoms with Crippen molar-refractivity contribution >= 4 is 23.1 Å². The van der Waals surface area contributed by atoms with Crippen molar-refractivity contribution < 1.29 is 0 Å². The molecule has 0 bridgehead atoms. The first-order chi connectivity index (χ1) is 13.3. The molecule has 0 fully saturated rings. The van der Waals surface area contributed by atoms with Gasteiger partial charge >= 0.3 is 0 Å². The minimum atomic E-state index is 0.184. The second-order valence-corrected chi connectivity index (χ2v) is 9.66. The molecule has 148 valence electrons. The highest BCUT2D eigenvalue weighted by Gasteiger charge is 2.13. The summed E-state index contributed by atoms with van der Waals surface area (Å²) < 4.78 is 0. The van der Waals surface area contributed by atoms with E-state index in [4.69, 9.17) is 0 Å². The highest BCUT2D eigenvalue weighted by Crippen LogP contribution is 2.31. The molecule has 1 aromatic carbocycles. The zero-order chi connectivity index (χ0) is 20.1. The molecular formula is C23H30N4S. The van der Waals surface area contributed by atoms with Gasteiger partial charge in [-0.2, -0.15) is 4.98 Å². The molecule has 0 amide bonds. The zero-order valence-corrected chi connectivity index (χ0v) is 18.2. The molecule has 0 spiro atoms. The van der Waals surface area contributed by atoms with E-state index in [0.29, 0.717) is 11.9 Å². The average Bonchev–Trinajstić information content (AvgIpc) is 3.13. The van der Waals surface area contributed by atoms with Gasteiger partial charge in [0.1, 0.15) is 5.82 Å². The molecule has 2 aromatic heterocycles. The Morgan fingerprint density at radius 1 is 0.964 bits per heavy atom. The number of hydrogen-bond acceptors (Lipinski definition) is 5. The lowest BCUT2D eigenvalue weighted by molar-refractivity contribution is 0.590. The Morgan fingerprint density at radius 3 is 2.39 bits per heavy atom. The number of nitrogens with one attached hydrogen (secondary N) is 2. The summed E-state index contributed by atoms with van der Waals surface area (Å²) in [6.07, 6.45) is 1.79. The lowest BCUT2D eigenvalue weighted by Gasteiger charge is -2.18. The Morgan fingerprint density at radius 2 is 1.71 bits per heavy atom. The average molecular weight is 395 g/mol. The van der Waals surface area contributed by atoms with E-state index < -0.39 is 0 Å². The van der Waals surface area contributed by atoms with Crippen molar-refractivity contribution in [3.05, 3.63) is 59.1 Å². The molecule has 2 N–H and O–H groups in total. The molecule has 5 heteroatoms. The van der Waals surface area contributed by atoms with E-state index in [-0.39, 0.29) is 5.41 Å². The second kappa shape index (κ2) is 8.74. The third-order valence-corrected chi connectivity index (χ3v) is 5.60. The highest BCUT2D eigenvalue weighted by atomic mass is 32.1. The molecule has 0 radical (unpaired) electrons. The summed E-state index contributed by atoms with van der Waals surface area (Å²) in [6, 6.07) is 15.2. The number of anilines is 2. The van der Waals surface area contributed by atoms with E-state index in [1.165, 1.54) is 20.9 Å². The molecule has 0 saturated heterocycles. The lowest BCUT2D eigenvalue weighted by Crippen LogP contribution is -2.11. The van der Waals surface area contributed by atoms with E-state index in [1.807, 2.05) is 17.4 Å². The van der Waals surface area contributed by atoms with E-state index >= 15 is 0 Å². The normalized spacial score (nSPS) is 11.6. The summed E-state index contributed by atoms with van der Waals surface area (Å²) in [7, 11) is 0. The molecule has 0 saturated carbocycles. The molecule has 3 rings (SSSR count). The van der Waals surface area contributed by atoms with Gasteiger partial charge in [0.15, 0.2) is 0 Å². The summed E-state index contributed by atoms with van der Waals surface area (Å²) in [5, 5.41) is 6.67. The van der Waals surface area contributed by atoms with Crippen LogP contribution in [0.2, 0.25) is 0 Å². The number of rotatable bonds is 7. The lowest BCUT2D eigenvalue weighted by atomic mass is 9.86. The van der Waals surface area contributed by atoms with Crippen LogP contribution in [0.1, 0.15) is 45.1 Å². The molecule has 0 atom stereocenters. The fraction of sp³-hybridized carbons (Fsp3) is 0.391.